The summed E-state index contributed by atoms with van der Waals surface area (Å²) in [5, 5.41) is 3.14. The van der Waals surface area contributed by atoms with Crippen LogP contribution in [0.2, 0.25) is 0 Å². The highest BCUT2D eigenvalue weighted by Crippen LogP contribution is 2.28. The second-order valence-electron chi connectivity index (χ2n) is 4.18. The molecule has 0 bridgehead atoms. The van der Waals surface area contributed by atoms with Gasteiger partial charge in [0.15, 0.2) is 0 Å². The number of rotatable bonds is 5. The van der Waals surface area contributed by atoms with Gasteiger partial charge in [-0.25, -0.2) is 4.39 Å². The maximum Gasteiger partial charge on any atom is 0.137 e. The fourth-order valence-electron chi connectivity index (χ4n) is 1.77. The molecule has 0 saturated carbocycles. The maximum absolute atomic E-state index is 13.4. The third kappa shape index (κ3) is 4.06. The van der Waals surface area contributed by atoms with Crippen molar-refractivity contribution in [2.24, 2.45) is 0 Å². The summed E-state index contributed by atoms with van der Waals surface area (Å²) in [5.41, 5.74) is 2.23. The molecule has 19 heavy (non-hydrogen) atoms. The minimum atomic E-state index is -0.206. The standard InChI is InChI=1S/C15H15BrFNS/c1-18-9-11-4-2-6-13(8-11)19-10-12-5-3-7-14(17)15(12)16/h2-8,18H,9-10H2,1H3. The van der Waals surface area contributed by atoms with Crippen LogP contribution in [-0.2, 0) is 12.3 Å². The average molecular weight is 340 g/mol. The van der Waals surface area contributed by atoms with Crippen LogP contribution in [0.25, 0.3) is 0 Å². The lowest BCUT2D eigenvalue weighted by atomic mass is 10.2. The number of hydrogen-bond acceptors (Lipinski definition) is 2. The van der Waals surface area contributed by atoms with Gasteiger partial charge in [-0.15, -0.1) is 11.8 Å². The van der Waals surface area contributed by atoms with Gasteiger partial charge in [0.25, 0.3) is 0 Å². The summed E-state index contributed by atoms with van der Waals surface area (Å²) in [7, 11) is 1.93. The van der Waals surface area contributed by atoms with Crippen molar-refractivity contribution in [1.82, 2.24) is 5.32 Å². The van der Waals surface area contributed by atoms with Crippen molar-refractivity contribution in [3.05, 3.63) is 63.9 Å². The zero-order valence-corrected chi connectivity index (χ0v) is 13.0. The fourth-order valence-corrected chi connectivity index (χ4v) is 3.33. The van der Waals surface area contributed by atoms with E-state index in [1.807, 2.05) is 13.1 Å². The zero-order chi connectivity index (χ0) is 13.7. The first-order valence-electron chi connectivity index (χ1n) is 6.00. The van der Waals surface area contributed by atoms with Crippen molar-refractivity contribution in [3.63, 3.8) is 0 Å². The highest BCUT2D eigenvalue weighted by Gasteiger charge is 2.05. The van der Waals surface area contributed by atoms with Crippen molar-refractivity contribution in [3.8, 4) is 0 Å². The molecule has 0 unspecified atom stereocenters. The van der Waals surface area contributed by atoms with E-state index in [1.165, 1.54) is 16.5 Å². The topological polar surface area (TPSA) is 12.0 Å². The van der Waals surface area contributed by atoms with E-state index in [4.69, 9.17) is 0 Å². The number of halogens is 2. The van der Waals surface area contributed by atoms with Gasteiger partial charge in [0.1, 0.15) is 5.82 Å². The lowest BCUT2D eigenvalue weighted by Crippen LogP contribution is -2.04. The summed E-state index contributed by atoms with van der Waals surface area (Å²) in [4.78, 5) is 1.20. The molecular formula is C15H15BrFNS. The van der Waals surface area contributed by atoms with Gasteiger partial charge in [-0.1, -0.05) is 24.3 Å². The first-order chi connectivity index (χ1) is 9.20. The van der Waals surface area contributed by atoms with E-state index in [-0.39, 0.29) is 5.82 Å². The molecule has 0 spiro atoms. The fraction of sp³-hybridized carbons (Fsp3) is 0.200. The molecule has 0 aliphatic carbocycles. The van der Waals surface area contributed by atoms with E-state index in [0.717, 1.165) is 17.9 Å². The summed E-state index contributed by atoms with van der Waals surface area (Å²) >= 11 is 5.01. The van der Waals surface area contributed by atoms with Crippen LogP contribution < -0.4 is 5.32 Å². The van der Waals surface area contributed by atoms with Crippen molar-refractivity contribution in [2.75, 3.05) is 7.05 Å². The Morgan fingerprint density at radius 3 is 2.79 bits per heavy atom. The van der Waals surface area contributed by atoms with E-state index in [0.29, 0.717) is 4.47 Å². The van der Waals surface area contributed by atoms with Crippen LogP contribution in [0.3, 0.4) is 0 Å². The Bertz CT molecular complexity index is 560. The minimum absolute atomic E-state index is 0.206. The molecule has 0 aliphatic rings. The molecular weight excluding hydrogens is 325 g/mol. The molecule has 0 radical (unpaired) electrons. The Hall–Kier alpha value is -0.840. The number of thioether (sulfide) groups is 1. The van der Waals surface area contributed by atoms with Crippen molar-refractivity contribution in [2.45, 2.75) is 17.2 Å². The maximum atomic E-state index is 13.4. The Kier molecular flexibility index (Phi) is 5.43. The number of hydrogen-bond donors (Lipinski definition) is 1. The Labute approximate surface area is 125 Å². The molecule has 0 heterocycles. The van der Waals surface area contributed by atoms with Gasteiger partial charge in [0, 0.05) is 17.2 Å². The van der Waals surface area contributed by atoms with E-state index >= 15 is 0 Å². The normalized spacial score (nSPS) is 10.7. The van der Waals surface area contributed by atoms with Gasteiger partial charge in [0.05, 0.1) is 4.47 Å². The average Bonchev–Trinajstić information content (AvgIpc) is 2.41. The summed E-state index contributed by atoms with van der Waals surface area (Å²) in [6.07, 6.45) is 0. The Morgan fingerprint density at radius 1 is 1.21 bits per heavy atom. The lowest BCUT2D eigenvalue weighted by molar-refractivity contribution is 0.619. The van der Waals surface area contributed by atoms with E-state index in [1.54, 1.807) is 17.8 Å². The Morgan fingerprint density at radius 2 is 2.00 bits per heavy atom. The zero-order valence-electron chi connectivity index (χ0n) is 10.6. The smallest absolute Gasteiger partial charge is 0.137 e. The monoisotopic (exact) mass is 339 g/mol. The van der Waals surface area contributed by atoms with Crippen molar-refractivity contribution in [1.29, 1.82) is 0 Å². The second-order valence-corrected chi connectivity index (χ2v) is 6.02. The van der Waals surface area contributed by atoms with Crippen LogP contribution in [0.15, 0.2) is 51.8 Å². The molecule has 100 valence electrons. The van der Waals surface area contributed by atoms with Gasteiger partial charge in [0.2, 0.25) is 0 Å². The van der Waals surface area contributed by atoms with Gasteiger partial charge in [-0.3, -0.25) is 0 Å². The quantitative estimate of drug-likeness (QED) is 0.799. The summed E-state index contributed by atoms with van der Waals surface area (Å²) in [6, 6.07) is 13.5. The predicted molar refractivity (Wildman–Crippen MR) is 82.9 cm³/mol. The van der Waals surface area contributed by atoms with E-state index in [2.05, 4.69) is 45.5 Å². The minimum Gasteiger partial charge on any atom is -0.316 e. The molecule has 2 aromatic rings. The third-order valence-electron chi connectivity index (χ3n) is 2.71. The van der Waals surface area contributed by atoms with E-state index < -0.39 is 0 Å². The van der Waals surface area contributed by atoms with Crippen molar-refractivity contribution >= 4 is 27.7 Å². The molecule has 0 amide bonds. The molecule has 1 N–H and O–H groups in total. The highest BCUT2D eigenvalue weighted by molar-refractivity contribution is 9.10. The van der Waals surface area contributed by atoms with Gasteiger partial charge in [-0.2, -0.15) is 0 Å². The molecule has 4 heteroatoms. The number of nitrogens with one attached hydrogen (secondary N) is 1. The predicted octanol–water partition coefficient (Wildman–Crippen LogP) is 4.60. The largest absolute Gasteiger partial charge is 0.316 e. The van der Waals surface area contributed by atoms with Crippen LogP contribution in [0.5, 0.6) is 0 Å². The first kappa shape index (κ1) is 14.6. The van der Waals surface area contributed by atoms with Crippen LogP contribution in [0, 0.1) is 5.82 Å². The molecule has 0 saturated heterocycles. The summed E-state index contributed by atoms with van der Waals surface area (Å²) in [6.45, 7) is 0.859. The van der Waals surface area contributed by atoms with Crippen LogP contribution in [0.1, 0.15) is 11.1 Å². The van der Waals surface area contributed by atoms with Crippen LogP contribution in [0.4, 0.5) is 4.39 Å². The summed E-state index contributed by atoms with van der Waals surface area (Å²) in [5.74, 6) is 0.545. The molecule has 0 aliphatic heterocycles. The van der Waals surface area contributed by atoms with Gasteiger partial charge < -0.3 is 5.32 Å². The SMILES string of the molecule is CNCc1cccc(SCc2cccc(F)c2Br)c1. The molecule has 0 atom stereocenters. The van der Waals surface area contributed by atoms with Gasteiger partial charge >= 0.3 is 0 Å². The van der Waals surface area contributed by atoms with Gasteiger partial charge in [-0.05, 0) is 52.3 Å². The molecule has 2 aromatic carbocycles. The molecule has 0 fully saturated rings. The Balaban J connectivity index is 2.06. The van der Waals surface area contributed by atoms with Crippen LogP contribution in [-0.4, -0.2) is 7.05 Å². The summed E-state index contributed by atoms with van der Waals surface area (Å²) < 4.78 is 14.0. The van der Waals surface area contributed by atoms with Crippen LogP contribution >= 0.6 is 27.7 Å². The molecule has 2 rings (SSSR count). The number of benzene rings is 2. The second kappa shape index (κ2) is 7.08. The van der Waals surface area contributed by atoms with Crippen molar-refractivity contribution < 1.29 is 4.39 Å². The van der Waals surface area contributed by atoms with E-state index in [9.17, 15) is 4.39 Å². The molecule has 0 aromatic heterocycles. The lowest BCUT2D eigenvalue weighted by Gasteiger charge is -2.07. The molecule has 1 nitrogen and oxygen atoms in total. The third-order valence-corrected chi connectivity index (χ3v) is 4.64. The first-order valence-corrected chi connectivity index (χ1v) is 7.78. The highest BCUT2D eigenvalue weighted by atomic mass is 79.9.